The van der Waals surface area contributed by atoms with Gasteiger partial charge in [-0.2, -0.15) is 0 Å². The second-order valence-corrected chi connectivity index (χ2v) is 6.83. The molecule has 17 heavy (non-hydrogen) atoms. The fourth-order valence-electron chi connectivity index (χ4n) is 3.54. The standard InChI is InChI=1S/C15H30N2/c1-15(2)10-7-11-16-14(15)12-17(3)13-8-5-4-6-9-13/h13-14,16H,4-12H2,1-3H3. The largest absolute Gasteiger partial charge is 0.312 e. The number of nitrogens with zero attached hydrogens (tertiary/aromatic N) is 1. The van der Waals surface area contributed by atoms with Gasteiger partial charge >= 0.3 is 0 Å². The Kier molecular flexibility index (Phi) is 4.48. The Morgan fingerprint density at radius 2 is 1.82 bits per heavy atom. The van der Waals surface area contributed by atoms with Crippen LogP contribution in [0.4, 0.5) is 0 Å². The van der Waals surface area contributed by atoms with Crippen LogP contribution in [0.15, 0.2) is 0 Å². The first-order valence-electron chi connectivity index (χ1n) is 7.53. The molecule has 1 saturated carbocycles. The molecular weight excluding hydrogens is 208 g/mol. The molecule has 0 radical (unpaired) electrons. The molecule has 0 spiro atoms. The summed E-state index contributed by atoms with van der Waals surface area (Å²) < 4.78 is 0. The molecule has 1 aliphatic carbocycles. The van der Waals surface area contributed by atoms with Crippen LogP contribution >= 0.6 is 0 Å². The summed E-state index contributed by atoms with van der Waals surface area (Å²) >= 11 is 0. The van der Waals surface area contributed by atoms with Crippen molar-refractivity contribution in [3.05, 3.63) is 0 Å². The van der Waals surface area contributed by atoms with Crippen molar-refractivity contribution < 1.29 is 0 Å². The molecule has 0 bridgehead atoms. The molecule has 1 heterocycles. The summed E-state index contributed by atoms with van der Waals surface area (Å²) in [4.78, 5) is 2.63. The molecule has 0 aromatic carbocycles. The van der Waals surface area contributed by atoms with Crippen molar-refractivity contribution in [1.29, 1.82) is 0 Å². The summed E-state index contributed by atoms with van der Waals surface area (Å²) in [5, 5.41) is 3.74. The lowest BCUT2D eigenvalue weighted by Gasteiger charge is -2.43. The van der Waals surface area contributed by atoms with Crippen molar-refractivity contribution in [2.75, 3.05) is 20.1 Å². The van der Waals surface area contributed by atoms with Gasteiger partial charge in [-0.15, -0.1) is 0 Å². The summed E-state index contributed by atoms with van der Waals surface area (Å²) in [6.45, 7) is 7.31. The highest BCUT2D eigenvalue weighted by Crippen LogP contribution is 2.31. The van der Waals surface area contributed by atoms with Crippen LogP contribution in [-0.4, -0.2) is 37.1 Å². The monoisotopic (exact) mass is 238 g/mol. The van der Waals surface area contributed by atoms with Gasteiger partial charge < -0.3 is 10.2 Å². The predicted molar refractivity (Wildman–Crippen MR) is 74.3 cm³/mol. The van der Waals surface area contributed by atoms with Crippen LogP contribution in [0.5, 0.6) is 0 Å². The number of likely N-dealkylation sites (N-methyl/N-ethyl adjacent to an activating group) is 1. The van der Waals surface area contributed by atoms with Gasteiger partial charge in [0.15, 0.2) is 0 Å². The summed E-state index contributed by atoms with van der Waals surface area (Å²) in [5.74, 6) is 0. The number of hydrogen-bond donors (Lipinski definition) is 1. The highest BCUT2D eigenvalue weighted by molar-refractivity contribution is 4.91. The van der Waals surface area contributed by atoms with E-state index in [9.17, 15) is 0 Å². The average Bonchev–Trinajstić information content (AvgIpc) is 2.33. The Morgan fingerprint density at radius 3 is 2.47 bits per heavy atom. The van der Waals surface area contributed by atoms with Crippen molar-refractivity contribution in [1.82, 2.24) is 10.2 Å². The first-order valence-corrected chi connectivity index (χ1v) is 7.53. The van der Waals surface area contributed by atoms with Crippen LogP contribution in [0, 0.1) is 5.41 Å². The first kappa shape index (κ1) is 13.4. The lowest BCUT2D eigenvalue weighted by Crippen LogP contribution is -2.53. The molecule has 2 heteroatoms. The minimum absolute atomic E-state index is 0.473. The zero-order valence-electron chi connectivity index (χ0n) is 12.0. The molecule has 2 rings (SSSR count). The van der Waals surface area contributed by atoms with Crippen molar-refractivity contribution in [3.8, 4) is 0 Å². The van der Waals surface area contributed by atoms with Gasteiger partial charge in [0.05, 0.1) is 0 Å². The molecule has 2 aliphatic rings. The second kappa shape index (κ2) is 5.71. The molecule has 2 fully saturated rings. The third kappa shape index (κ3) is 3.45. The molecule has 2 nitrogen and oxygen atoms in total. The fourth-order valence-corrected chi connectivity index (χ4v) is 3.54. The van der Waals surface area contributed by atoms with Crippen molar-refractivity contribution in [2.45, 2.75) is 70.9 Å². The fraction of sp³-hybridized carbons (Fsp3) is 1.00. The SMILES string of the molecule is CN(CC1NCCCC1(C)C)C1CCCCC1. The van der Waals surface area contributed by atoms with Gasteiger partial charge in [0.1, 0.15) is 0 Å². The van der Waals surface area contributed by atoms with E-state index in [1.165, 1.54) is 58.0 Å². The van der Waals surface area contributed by atoms with Gasteiger partial charge in [-0.25, -0.2) is 0 Å². The van der Waals surface area contributed by atoms with Gasteiger partial charge in [-0.05, 0) is 44.7 Å². The third-order valence-electron chi connectivity index (χ3n) is 5.00. The van der Waals surface area contributed by atoms with Gasteiger partial charge in [0.25, 0.3) is 0 Å². The maximum atomic E-state index is 3.74. The van der Waals surface area contributed by atoms with Crippen molar-refractivity contribution in [2.24, 2.45) is 5.41 Å². The Balaban J connectivity index is 1.85. The lowest BCUT2D eigenvalue weighted by molar-refractivity contribution is 0.105. The van der Waals surface area contributed by atoms with Crippen molar-refractivity contribution >= 4 is 0 Å². The van der Waals surface area contributed by atoms with E-state index in [4.69, 9.17) is 0 Å². The van der Waals surface area contributed by atoms with E-state index in [1.807, 2.05) is 0 Å². The van der Waals surface area contributed by atoms with Crippen LogP contribution < -0.4 is 5.32 Å². The Bertz CT molecular complexity index is 231. The lowest BCUT2D eigenvalue weighted by atomic mass is 9.77. The molecule has 0 aromatic heterocycles. The molecule has 1 N–H and O–H groups in total. The molecule has 1 aliphatic heterocycles. The molecule has 1 saturated heterocycles. The Hall–Kier alpha value is -0.0800. The predicted octanol–water partition coefficient (Wildman–Crippen LogP) is 3.03. The van der Waals surface area contributed by atoms with E-state index in [2.05, 4.69) is 31.1 Å². The maximum Gasteiger partial charge on any atom is 0.0246 e. The maximum absolute atomic E-state index is 3.74. The summed E-state index contributed by atoms with van der Waals surface area (Å²) in [6, 6.07) is 1.53. The van der Waals surface area contributed by atoms with Crippen LogP contribution in [0.3, 0.4) is 0 Å². The van der Waals surface area contributed by atoms with Crippen LogP contribution in [0.2, 0.25) is 0 Å². The molecule has 0 amide bonds. The molecule has 1 atom stereocenters. The molecule has 0 aromatic rings. The third-order valence-corrected chi connectivity index (χ3v) is 5.00. The highest BCUT2D eigenvalue weighted by atomic mass is 15.2. The number of nitrogens with one attached hydrogen (secondary N) is 1. The quantitative estimate of drug-likeness (QED) is 0.813. The summed E-state index contributed by atoms with van der Waals surface area (Å²) in [5.41, 5.74) is 0.473. The minimum atomic E-state index is 0.473. The van der Waals surface area contributed by atoms with E-state index >= 15 is 0 Å². The zero-order chi connectivity index (χ0) is 12.3. The smallest absolute Gasteiger partial charge is 0.0246 e. The minimum Gasteiger partial charge on any atom is -0.312 e. The summed E-state index contributed by atoms with van der Waals surface area (Å²) in [6.07, 6.45) is 9.90. The average molecular weight is 238 g/mol. The van der Waals surface area contributed by atoms with Gasteiger partial charge in [-0.1, -0.05) is 33.1 Å². The van der Waals surface area contributed by atoms with Gasteiger partial charge in [0.2, 0.25) is 0 Å². The second-order valence-electron chi connectivity index (χ2n) is 6.83. The normalized spacial score (nSPS) is 30.7. The van der Waals surface area contributed by atoms with E-state index in [1.54, 1.807) is 0 Å². The Morgan fingerprint density at radius 1 is 1.12 bits per heavy atom. The number of rotatable bonds is 3. The van der Waals surface area contributed by atoms with Crippen LogP contribution in [0.1, 0.15) is 58.8 Å². The number of piperidine rings is 1. The van der Waals surface area contributed by atoms with Gasteiger partial charge in [-0.3, -0.25) is 0 Å². The van der Waals surface area contributed by atoms with E-state index < -0.39 is 0 Å². The van der Waals surface area contributed by atoms with Crippen molar-refractivity contribution in [3.63, 3.8) is 0 Å². The summed E-state index contributed by atoms with van der Waals surface area (Å²) in [7, 11) is 2.34. The highest BCUT2D eigenvalue weighted by Gasteiger charge is 2.33. The molecule has 1 unspecified atom stereocenters. The van der Waals surface area contributed by atoms with Gasteiger partial charge in [0, 0.05) is 18.6 Å². The van der Waals surface area contributed by atoms with Crippen LogP contribution in [-0.2, 0) is 0 Å². The molecule has 100 valence electrons. The van der Waals surface area contributed by atoms with E-state index in [0.29, 0.717) is 11.5 Å². The Labute approximate surface area is 107 Å². The molecular formula is C15H30N2. The van der Waals surface area contributed by atoms with E-state index in [0.717, 1.165) is 6.04 Å². The van der Waals surface area contributed by atoms with Crippen LogP contribution in [0.25, 0.3) is 0 Å². The van der Waals surface area contributed by atoms with E-state index in [-0.39, 0.29) is 0 Å². The first-order chi connectivity index (χ1) is 8.09. The topological polar surface area (TPSA) is 15.3 Å². The zero-order valence-corrected chi connectivity index (χ0v) is 12.0. The number of hydrogen-bond acceptors (Lipinski definition) is 2.